The summed E-state index contributed by atoms with van der Waals surface area (Å²) in [5, 5.41) is 3.92. The quantitative estimate of drug-likeness (QED) is 0.308. The van der Waals surface area contributed by atoms with Gasteiger partial charge in [0, 0.05) is 22.0 Å². The molecule has 0 fully saturated rings. The zero-order chi connectivity index (χ0) is 20.2. The largest absolute Gasteiger partial charge is 0.455 e. The molecule has 4 aromatic rings. The number of benzene rings is 2. The van der Waals surface area contributed by atoms with E-state index in [1.54, 1.807) is 5.19 Å². The number of aromatic nitrogens is 1. The van der Waals surface area contributed by atoms with Crippen LogP contribution in [0, 0.1) is 6.92 Å². The Morgan fingerprint density at radius 1 is 0.964 bits per heavy atom. The summed E-state index contributed by atoms with van der Waals surface area (Å²) in [6.45, 7) is 14.1. The lowest BCUT2D eigenvalue weighted by molar-refractivity contribution is -0.659. The lowest BCUT2D eigenvalue weighted by Gasteiger charge is -2.22. The van der Waals surface area contributed by atoms with E-state index in [1.807, 2.05) is 6.07 Å². The van der Waals surface area contributed by atoms with Crippen LogP contribution in [0.15, 0.2) is 53.1 Å². The number of nitrogens with zero attached hydrogens (tertiary/aromatic N) is 1. The van der Waals surface area contributed by atoms with Crippen molar-refractivity contribution in [1.82, 2.24) is 0 Å². The van der Waals surface area contributed by atoms with Gasteiger partial charge in [-0.05, 0) is 30.0 Å². The van der Waals surface area contributed by atoms with Crippen LogP contribution >= 0.6 is 0 Å². The van der Waals surface area contributed by atoms with Gasteiger partial charge in [-0.1, -0.05) is 63.8 Å². The van der Waals surface area contributed by atoms with Crippen molar-refractivity contribution >= 4 is 35.2 Å². The van der Waals surface area contributed by atoms with Crippen LogP contribution in [0.25, 0.3) is 33.2 Å². The van der Waals surface area contributed by atoms with Crippen molar-refractivity contribution in [3.8, 4) is 11.3 Å². The molecule has 0 spiro atoms. The number of aryl methyl sites for hydroxylation is 2. The highest BCUT2D eigenvalue weighted by Gasteiger charge is 2.28. The molecule has 2 aromatic carbocycles. The van der Waals surface area contributed by atoms with Crippen LogP contribution in [0.5, 0.6) is 0 Å². The number of furan rings is 1. The molecule has 3 heteroatoms. The van der Waals surface area contributed by atoms with E-state index in [0.29, 0.717) is 5.92 Å². The summed E-state index contributed by atoms with van der Waals surface area (Å²) in [7, 11) is 0.737. The highest BCUT2D eigenvalue weighted by atomic mass is 28.3. The van der Waals surface area contributed by atoms with Gasteiger partial charge in [-0.15, -0.1) is 0 Å². The molecule has 0 bridgehead atoms. The van der Waals surface area contributed by atoms with E-state index in [-0.39, 0.29) is 0 Å². The molecule has 0 N–H and O–H groups in total. The van der Waals surface area contributed by atoms with Gasteiger partial charge in [0.05, 0.1) is 13.6 Å². The van der Waals surface area contributed by atoms with Crippen LogP contribution in [0.2, 0.25) is 19.6 Å². The normalized spacial score (nSPS) is 12.4. The second-order valence-electron chi connectivity index (χ2n) is 9.28. The average molecular weight is 389 g/mol. The third-order valence-corrected chi connectivity index (χ3v) is 7.78. The first-order chi connectivity index (χ1) is 13.2. The molecule has 0 aliphatic carbocycles. The Morgan fingerprint density at radius 3 is 2.36 bits per heavy atom. The molecular weight excluding hydrogens is 358 g/mol. The third kappa shape index (κ3) is 2.98. The van der Waals surface area contributed by atoms with E-state index in [0.717, 1.165) is 11.2 Å². The summed E-state index contributed by atoms with van der Waals surface area (Å²) in [6, 6.07) is 15.2. The first-order valence-electron chi connectivity index (χ1n) is 10.1. The average Bonchev–Trinajstić information content (AvgIpc) is 2.99. The van der Waals surface area contributed by atoms with Gasteiger partial charge >= 0.3 is 0 Å². The molecule has 2 nitrogen and oxygen atoms in total. The van der Waals surface area contributed by atoms with Crippen molar-refractivity contribution in [1.29, 1.82) is 0 Å². The maximum absolute atomic E-state index is 6.37. The topological polar surface area (TPSA) is 17.0 Å². The minimum atomic E-state index is -1.43. The van der Waals surface area contributed by atoms with E-state index in [1.165, 1.54) is 33.2 Å². The Bertz CT molecular complexity index is 1190. The summed E-state index contributed by atoms with van der Waals surface area (Å²) in [5.74, 6) is 0.497. The molecule has 2 heterocycles. The molecule has 0 atom stereocenters. The van der Waals surface area contributed by atoms with Gasteiger partial charge in [-0.25, -0.2) is 4.57 Å². The Balaban J connectivity index is 2.08. The van der Waals surface area contributed by atoms with Gasteiger partial charge in [0.1, 0.15) is 18.2 Å². The van der Waals surface area contributed by atoms with Crippen molar-refractivity contribution in [3.63, 3.8) is 0 Å². The fourth-order valence-electron chi connectivity index (χ4n) is 4.22. The zero-order valence-corrected chi connectivity index (χ0v) is 19.1. The number of rotatable bonds is 3. The number of pyridine rings is 1. The predicted molar refractivity (Wildman–Crippen MR) is 122 cm³/mol. The Morgan fingerprint density at radius 2 is 1.68 bits per heavy atom. The van der Waals surface area contributed by atoms with Gasteiger partial charge in [0.15, 0.2) is 6.20 Å². The first kappa shape index (κ1) is 18.9. The first-order valence-corrected chi connectivity index (χ1v) is 13.6. The van der Waals surface area contributed by atoms with Crippen LogP contribution in [0.3, 0.4) is 0 Å². The summed E-state index contributed by atoms with van der Waals surface area (Å²) in [5.41, 5.74) is 7.10. The van der Waals surface area contributed by atoms with Crippen molar-refractivity contribution in [2.24, 2.45) is 7.05 Å². The van der Waals surface area contributed by atoms with Crippen molar-refractivity contribution in [3.05, 3.63) is 59.8 Å². The van der Waals surface area contributed by atoms with Crippen LogP contribution in [0.1, 0.15) is 30.9 Å². The fraction of sp³-hybridized carbons (Fsp3) is 0.320. The maximum Gasteiger partial charge on any atom is 0.216 e. The van der Waals surface area contributed by atoms with E-state index < -0.39 is 8.07 Å². The zero-order valence-electron chi connectivity index (χ0n) is 18.1. The standard InChI is InChI=1S/C25H30NOSi/c1-16(2)20-14-21(26(4)15-23(20)28(5,6)7)24-17(3)12-13-19-18-10-8-9-11-22(18)27-25(19)24/h8-16H,1-7H3/q+1. The minimum Gasteiger partial charge on any atom is -0.455 e. The van der Waals surface area contributed by atoms with Crippen molar-refractivity contribution in [2.45, 2.75) is 46.3 Å². The van der Waals surface area contributed by atoms with Crippen molar-refractivity contribution < 1.29 is 8.98 Å². The second kappa shape index (κ2) is 6.59. The van der Waals surface area contributed by atoms with Crippen LogP contribution in [-0.2, 0) is 7.05 Å². The lowest BCUT2D eigenvalue weighted by Crippen LogP contribution is -2.47. The van der Waals surface area contributed by atoms with Crippen LogP contribution < -0.4 is 9.75 Å². The molecule has 0 unspecified atom stereocenters. The Labute approximate surface area is 168 Å². The van der Waals surface area contributed by atoms with E-state index >= 15 is 0 Å². The Hall–Kier alpha value is -2.39. The van der Waals surface area contributed by atoms with Gasteiger partial charge in [0.25, 0.3) is 0 Å². The maximum atomic E-state index is 6.37. The number of hydrogen-bond acceptors (Lipinski definition) is 1. The van der Waals surface area contributed by atoms with E-state index in [9.17, 15) is 0 Å². The summed E-state index contributed by atoms with van der Waals surface area (Å²) in [6.07, 6.45) is 2.37. The summed E-state index contributed by atoms with van der Waals surface area (Å²) in [4.78, 5) is 0. The van der Waals surface area contributed by atoms with Gasteiger partial charge in [0.2, 0.25) is 5.69 Å². The molecule has 144 valence electrons. The summed E-state index contributed by atoms with van der Waals surface area (Å²) >= 11 is 0. The molecule has 0 aliphatic heterocycles. The Kier molecular flexibility index (Phi) is 4.46. The van der Waals surface area contributed by atoms with Crippen molar-refractivity contribution in [2.75, 3.05) is 0 Å². The molecule has 0 amide bonds. The molecule has 4 rings (SSSR count). The van der Waals surface area contributed by atoms with Crippen LogP contribution in [0.4, 0.5) is 0 Å². The summed E-state index contributed by atoms with van der Waals surface area (Å²) < 4.78 is 8.67. The minimum absolute atomic E-state index is 0.497. The molecule has 0 saturated carbocycles. The van der Waals surface area contributed by atoms with Gasteiger partial charge in [-0.2, -0.15) is 0 Å². The predicted octanol–water partition coefficient (Wildman–Crippen LogP) is 6.05. The molecule has 28 heavy (non-hydrogen) atoms. The lowest BCUT2D eigenvalue weighted by atomic mass is 9.97. The molecule has 0 saturated heterocycles. The molecular formula is C25H30NOSi+. The highest BCUT2D eigenvalue weighted by Crippen LogP contribution is 2.37. The van der Waals surface area contributed by atoms with Gasteiger partial charge < -0.3 is 4.42 Å². The smallest absolute Gasteiger partial charge is 0.216 e. The third-order valence-electron chi connectivity index (χ3n) is 5.75. The van der Waals surface area contributed by atoms with Gasteiger partial charge in [-0.3, -0.25) is 0 Å². The van der Waals surface area contributed by atoms with E-state index in [4.69, 9.17) is 4.42 Å². The van der Waals surface area contributed by atoms with Crippen LogP contribution in [-0.4, -0.2) is 8.07 Å². The molecule has 0 aliphatic rings. The molecule has 2 aromatic heterocycles. The SMILES string of the molecule is Cc1ccc2c(oc3ccccc32)c1-c1cc(C(C)C)c([Si](C)(C)C)c[n+]1C. The number of para-hydroxylation sites is 1. The number of hydrogen-bond donors (Lipinski definition) is 0. The molecule has 0 radical (unpaired) electrons. The number of fused-ring (bicyclic) bond motifs is 3. The fourth-order valence-corrected chi connectivity index (χ4v) is 6.03. The second-order valence-corrected chi connectivity index (χ2v) is 14.3. The highest BCUT2D eigenvalue weighted by molar-refractivity contribution is 6.89. The van der Waals surface area contributed by atoms with E-state index in [2.05, 4.69) is 94.6 Å². The monoisotopic (exact) mass is 388 g/mol.